The Hall–Kier alpha value is -0.0800. The van der Waals surface area contributed by atoms with E-state index in [0.717, 1.165) is 25.7 Å². The van der Waals surface area contributed by atoms with Crippen molar-refractivity contribution in [2.75, 3.05) is 6.54 Å². The van der Waals surface area contributed by atoms with Crippen molar-refractivity contribution in [1.82, 2.24) is 0 Å². The predicted molar refractivity (Wildman–Crippen MR) is 46.3 cm³/mol. The molecule has 1 rings (SSSR count). The van der Waals surface area contributed by atoms with Crippen LogP contribution in [0.5, 0.6) is 0 Å². The summed E-state index contributed by atoms with van der Waals surface area (Å²) < 4.78 is 0. The molecule has 11 heavy (non-hydrogen) atoms. The Morgan fingerprint density at radius 2 is 2.00 bits per heavy atom. The molecule has 2 heteroatoms. The fraction of sp³-hybridized carbons (Fsp3) is 1.00. The number of hydrogen-bond acceptors (Lipinski definition) is 2. The molecule has 0 aromatic carbocycles. The van der Waals surface area contributed by atoms with Crippen LogP contribution in [0.1, 0.15) is 39.5 Å². The van der Waals surface area contributed by atoms with Gasteiger partial charge in [0.05, 0.1) is 5.60 Å². The first kappa shape index (κ1) is 9.01. The van der Waals surface area contributed by atoms with Gasteiger partial charge in [-0.3, -0.25) is 0 Å². The SMILES string of the molecule is CC1(C)CCCC1(O)CCN. The Morgan fingerprint density at radius 3 is 2.36 bits per heavy atom. The van der Waals surface area contributed by atoms with E-state index in [9.17, 15) is 5.11 Å². The lowest BCUT2D eigenvalue weighted by molar-refractivity contribution is -0.0472. The lowest BCUT2D eigenvalue weighted by Gasteiger charge is -2.36. The topological polar surface area (TPSA) is 46.2 Å². The summed E-state index contributed by atoms with van der Waals surface area (Å²) in [4.78, 5) is 0. The Labute approximate surface area is 68.8 Å². The van der Waals surface area contributed by atoms with Crippen LogP contribution in [-0.4, -0.2) is 17.3 Å². The van der Waals surface area contributed by atoms with Gasteiger partial charge < -0.3 is 10.8 Å². The van der Waals surface area contributed by atoms with E-state index >= 15 is 0 Å². The molecule has 0 radical (unpaired) electrons. The van der Waals surface area contributed by atoms with E-state index in [0.29, 0.717) is 6.54 Å². The third kappa shape index (κ3) is 1.42. The highest BCUT2D eigenvalue weighted by atomic mass is 16.3. The average Bonchev–Trinajstić information content (AvgIpc) is 2.09. The molecular weight excluding hydrogens is 138 g/mol. The molecule has 2 nitrogen and oxygen atoms in total. The smallest absolute Gasteiger partial charge is 0.0710 e. The molecule has 0 spiro atoms. The molecule has 66 valence electrons. The molecule has 0 aromatic heterocycles. The van der Waals surface area contributed by atoms with Crippen molar-refractivity contribution >= 4 is 0 Å². The lowest BCUT2D eigenvalue weighted by atomic mass is 9.76. The first-order valence-corrected chi connectivity index (χ1v) is 4.44. The maximum absolute atomic E-state index is 10.1. The van der Waals surface area contributed by atoms with Crippen LogP contribution in [0.25, 0.3) is 0 Å². The molecule has 0 aliphatic heterocycles. The number of nitrogens with two attached hydrogens (primary N) is 1. The van der Waals surface area contributed by atoms with E-state index in [1.54, 1.807) is 0 Å². The minimum atomic E-state index is -0.484. The zero-order valence-electron chi connectivity index (χ0n) is 7.56. The van der Waals surface area contributed by atoms with Gasteiger partial charge in [-0.25, -0.2) is 0 Å². The van der Waals surface area contributed by atoms with Gasteiger partial charge in [0.1, 0.15) is 0 Å². The summed E-state index contributed by atoms with van der Waals surface area (Å²) in [6.45, 7) is 4.87. The minimum Gasteiger partial charge on any atom is -0.389 e. The van der Waals surface area contributed by atoms with Crippen LogP contribution in [0.2, 0.25) is 0 Å². The summed E-state index contributed by atoms with van der Waals surface area (Å²) in [5.74, 6) is 0. The molecule has 1 fully saturated rings. The van der Waals surface area contributed by atoms with Gasteiger partial charge in [0.25, 0.3) is 0 Å². The monoisotopic (exact) mass is 157 g/mol. The largest absolute Gasteiger partial charge is 0.389 e. The van der Waals surface area contributed by atoms with Crippen LogP contribution in [0.3, 0.4) is 0 Å². The van der Waals surface area contributed by atoms with Crippen molar-refractivity contribution < 1.29 is 5.11 Å². The van der Waals surface area contributed by atoms with E-state index in [2.05, 4.69) is 13.8 Å². The molecule has 1 unspecified atom stereocenters. The van der Waals surface area contributed by atoms with Gasteiger partial charge in [0.15, 0.2) is 0 Å². The second-order valence-corrected chi connectivity index (χ2v) is 4.31. The number of hydrogen-bond donors (Lipinski definition) is 2. The standard InChI is InChI=1S/C9H19NO/c1-8(2)4-3-5-9(8,11)6-7-10/h11H,3-7,10H2,1-2H3. The second kappa shape index (κ2) is 2.76. The van der Waals surface area contributed by atoms with Gasteiger partial charge in [-0.2, -0.15) is 0 Å². The van der Waals surface area contributed by atoms with Crippen LogP contribution in [0.15, 0.2) is 0 Å². The fourth-order valence-electron chi connectivity index (χ4n) is 2.10. The average molecular weight is 157 g/mol. The van der Waals surface area contributed by atoms with Gasteiger partial charge in [-0.05, 0) is 37.6 Å². The molecule has 1 aliphatic carbocycles. The lowest BCUT2D eigenvalue weighted by Crippen LogP contribution is -2.41. The summed E-state index contributed by atoms with van der Waals surface area (Å²) in [5.41, 5.74) is 5.05. The Balaban J connectivity index is 2.68. The first-order chi connectivity index (χ1) is 5.02. The summed E-state index contributed by atoms with van der Waals surface area (Å²) >= 11 is 0. The molecular formula is C9H19NO. The summed E-state index contributed by atoms with van der Waals surface area (Å²) in [5, 5.41) is 10.1. The van der Waals surface area contributed by atoms with Crippen LogP contribution in [0, 0.1) is 5.41 Å². The van der Waals surface area contributed by atoms with Gasteiger partial charge in [0.2, 0.25) is 0 Å². The molecule has 1 saturated carbocycles. The zero-order valence-corrected chi connectivity index (χ0v) is 7.56. The van der Waals surface area contributed by atoms with E-state index in [1.807, 2.05) is 0 Å². The minimum absolute atomic E-state index is 0.0758. The van der Waals surface area contributed by atoms with Crippen LogP contribution < -0.4 is 5.73 Å². The first-order valence-electron chi connectivity index (χ1n) is 4.44. The summed E-state index contributed by atoms with van der Waals surface area (Å²) in [6, 6.07) is 0. The Kier molecular flexibility index (Phi) is 2.26. The third-order valence-electron chi connectivity index (χ3n) is 3.21. The van der Waals surface area contributed by atoms with E-state index in [-0.39, 0.29) is 5.41 Å². The Bertz CT molecular complexity index is 144. The number of aliphatic hydroxyl groups is 1. The van der Waals surface area contributed by atoms with Gasteiger partial charge in [-0.1, -0.05) is 13.8 Å². The highest BCUT2D eigenvalue weighted by Gasteiger charge is 2.46. The van der Waals surface area contributed by atoms with Gasteiger partial charge in [-0.15, -0.1) is 0 Å². The highest BCUT2D eigenvalue weighted by Crippen LogP contribution is 2.47. The van der Waals surface area contributed by atoms with E-state index < -0.39 is 5.60 Å². The van der Waals surface area contributed by atoms with Crippen molar-refractivity contribution in [3.63, 3.8) is 0 Å². The van der Waals surface area contributed by atoms with Crippen LogP contribution in [-0.2, 0) is 0 Å². The van der Waals surface area contributed by atoms with Crippen molar-refractivity contribution in [3.05, 3.63) is 0 Å². The normalized spacial score (nSPS) is 36.0. The molecule has 1 atom stereocenters. The van der Waals surface area contributed by atoms with Crippen molar-refractivity contribution in [2.45, 2.75) is 45.1 Å². The molecule has 1 aliphatic rings. The fourth-order valence-corrected chi connectivity index (χ4v) is 2.10. The zero-order chi connectivity index (χ0) is 8.54. The van der Waals surface area contributed by atoms with Crippen molar-refractivity contribution in [1.29, 1.82) is 0 Å². The van der Waals surface area contributed by atoms with Crippen LogP contribution >= 0.6 is 0 Å². The Morgan fingerprint density at radius 1 is 1.36 bits per heavy atom. The maximum Gasteiger partial charge on any atom is 0.0710 e. The van der Waals surface area contributed by atoms with E-state index in [4.69, 9.17) is 5.73 Å². The number of rotatable bonds is 2. The third-order valence-corrected chi connectivity index (χ3v) is 3.21. The molecule has 3 N–H and O–H groups in total. The molecule has 0 saturated heterocycles. The van der Waals surface area contributed by atoms with Crippen molar-refractivity contribution in [3.8, 4) is 0 Å². The maximum atomic E-state index is 10.1. The molecule has 0 bridgehead atoms. The summed E-state index contributed by atoms with van der Waals surface area (Å²) in [7, 11) is 0. The molecule has 0 amide bonds. The van der Waals surface area contributed by atoms with Gasteiger partial charge >= 0.3 is 0 Å². The van der Waals surface area contributed by atoms with Crippen LogP contribution in [0.4, 0.5) is 0 Å². The van der Waals surface area contributed by atoms with Crippen molar-refractivity contribution in [2.24, 2.45) is 11.1 Å². The quantitative estimate of drug-likeness (QED) is 0.634. The predicted octanol–water partition coefficient (Wildman–Crippen LogP) is 1.28. The molecule has 0 aromatic rings. The molecule has 0 heterocycles. The highest BCUT2D eigenvalue weighted by molar-refractivity contribution is 4.98. The summed E-state index contributed by atoms with van der Waals surface area (Å²) in [6.07, 6.45) is 3.95. The van der Waals surface area contributed by atoms with E-state index in [1.165, 1.54) is 0 Å². The van der Waals surface area contributed by atoms with Gasteiger partial charge in [0, 0.05) is 0 Å². The second-order valence-electron chi connectivity index (χ2n) is 4.31.